The van der Waals surface area contributed by atoms with Crippen LogP contribution in [0.1, 0.15) is 22.8 Å². The largest absolute Gasteiger partial charge is 0.323 e. The summed E-state index contributed by atoms with van der Waals surface area (Å²) in [4.78, 5) is 23.0. The quantitative estimate of drug-likeness (QED) is 0.838. The van der Waals surface area contributed by atoms with Crippen LogP contribution < -0.4 is 10.6 Å². The van der Waals surface area contributed by atoms with E-state index in [1.54, 1.807) is 36.4 Å². The van der Waals surface area contributed by atoms with Gasteiger partial charge in [-0.1, -0.05) is 6.07 Å². The number of nitrogens with one attached hydrogen (secondary N) is 2. The van der Waals surface area contributed by atoms with Crippen LogP contribution in [0.4, 0.5) is 20.6 Å². The van der Waals surface area contributed by atoms with Gasteiger partial charge in [-0.05, 0) is 55.8 Å². The Morgan fingerprint density at radius 3 is 2.29 bits per heavy atom. The van der Waals surface area contributed by atoms with Crippen LogP contribution in [-0.2, 0) is 0 Å². The summed E-state index contributed by atoms with van der Waals surface area (Å²) in [6, 6.07) is 10.4. The maximum Gasteiger partial charge on any atom is 0.323 e. The number of ketones is 1. The number of urea groups is 1. The summed E-state index contributed by atoms with van der Waals surface area (Å²) in [5.74, 6) is -0.546. The Labute approximate surface area is 122 Å². The van der Waals surface area contributed by atoms with E-state index in [1.165, 1.54) is 13.0 Å². The number of Topliss-reactive ketones (excluding diaryl/α,β-unsaturated/α-hetero) is 1. The third kappa shape index (κ3) is 3.89. The number of hydrogen-bond acceptors (Lipinski definition) is 2. The van der Waals surface area contributed by atoms with E-state index in [4.69, 9.17) is 0 Å². The second kappa shape index (κ2) is 6.17. The molecule has 2 aromatic rings. The number of halogens is 1. The van der Waals surface area contributed by atoms with Gasteiger partial charge in [0.1, 0.15) is 5.82 Å². The van der Waals surface area contributed by atoms with Crippen LogP contribution in [-0.4, -0.2) is 11.8 Å². The lowest BCUT2D eigenvalue weighted by atomic mass is 10.1. The number of benzene rings is 2. The molecule has 0 unspecified atom stereocenters. The van der Waals surface area contributed by atoms with Crippen molar-refractivity contribution >= 4 is 23.2 Å². The molecule has 2 N–H and O–H groups in total. The first-order valence-corrected chi connectivity index (χ1v) is 6.41. The SMILES string of the molecule is CC(=O)c1ccc(NC(=O)Nc2cc(C)ccc2F)cc1. The maximum absolute atomic E-state index is 13.5. The molecule has 0 saturated carbocycles. The Hall–Kier alpha value is -2.69. The van der Waals surface area contributed by atoms with Gasteiger partial charge >= 0.3 is 6.03 Å². The second-order valence-corrected chi connectivity index (χ2v) is 4.70. The van der Waals surface area contributed by atoms with E-state index < -0.39 is 11.8 Å². The predicted molar refractivity (Wildman–Crippen MR) is 80.2 cm³/mol. The Morgan fingerprint density at radius 2 is 1.67 bits per heavy atom. The van der Waals surface area contributed by atoms with Crippen molar-refractivity contribution < 1.29 is 14.0 Å². The zero-order valence-electron chi connectivity index (χ0n) is 11.7. The molecular formula is C16H15FN2O2. The summed E-state index contributed by atoms with van der Waals surface area (Å²) in [5, 5.41) is 5.02. The minimum Gasteiger partial charge on any atom is -0.308 e. The van der Waals surface area contributed by atoms with Crippen molar-refractivity contribution in [1.29, 1.82) is 0 Å². The highest BCUT2D eigenvalue weighted by Crippen LogP contribution is 2.16. The second-order valence-electron chi connectivity index (χ2n) is 4.70. The summed E-state index contributed by atoms with van der Waals surface area (Å²) in [6.07, 6.45) is 0. The number of hydrogen-bond donors (Lipinski definition) is 2. The van der Waals surface area contributed by atoms with Gasteiger partial charge in [-0.3, -0.25) is 4.79 Å². The van der Waals surface area contributed by atoms with E-state index >= 15 is 0 Å². The van der Waals surface area contributed by atoms with Crippen molar-refractivity contribution in [3.05, 3.63) is 59.4 Å². The fourth-order valence-corrected chi connectivity index (χ4v) is 1.81. The molecule has 108 valence electrons. The van der Waals surface area contributed by atoms with Gasteiger partial charge < -0.3 is 10.6 Å². The van der Waals surface area contributed by atoms with Crippen LogP contribution in [0.25, 0.3) is 0 Å². The molecule has 0 aliphatic rings. The van der Waals surface area contributed by atoms with Gasteiger partial charge in [0, 0.05) is 11.3 Å². The summed E-state index contributed by atoms with van der Waals surface area (Å²) < 4.78 is 13.5. The molecule has 0 atom stereocenters. The number of carbonyl (C=O) groups excluding carboxylic acids is 2. The van der Waals surface area contributed by atoms with Crippen LogP contribution in [0.2, 0.25) is 0 Å². The van der Waals surface area contributed by atoms with Gasteiger partial charge in [-0.2, -0.15) is 0 Å². The van der Waals surface area contributed by atoms with Crippen molar-refractivity contribution in [2.45, 2.75) is 13.8 Å². The summed E-state index contributed by atoms with van der Waals surface area (Å²) in [5.41, 5.74) is 2.04. The first kappa shape index (κ1) is 14.7. The highest BCUT2D eigenvalue weighted by atomic mass is 19.1. The van der Waals surface area contributed by atoms with Gasteiger partial charge in [-0.15, -0.1) is 0 Å². The lowest BCUT2D eigenvalue weighted by Gasteiger charge is -2.09. The molecule has 0 heterocycles. The molecule has 21 heavy (non-hydrogen) atoms. The van der Waals surface area contributed by atoms with Crippen LogP contribution in [0.3, 0.4) is 0 Å². The first-order valence-electron chi connectivity index (χ1n) is 6.41. The zero-order valence-corrected chi connectivity index (χ0v) is 11.7. The maximum atomic E-state index is 13.5. The van der Waals surface area contributed by atoms with E-state index in [-0.39, 0.29) is 11.5 Å². The highest BCUT2D eigenvalue weighted by Gasteiger charge is 2.07. The van der Waals surface area contributed by atoms with Gasteiger partial charge in [0.05, 0.1) is 5.69 Å². The lowest BCUT2D eigenvalue weighted by molar-refractivity contribution is 0.101. The van der Waals surface area contributed by atoms with Gasteiger partial charge in [0.15, 0.2) is 5.78 Å². The van der Waals surface area contributed by atoms with Gasteiger partial charge in [0.2, 0.25) is 0 Å². The molecule has 4 nitrogen and oxygen atoms in total. The standard InChI is InChI=1S/C16H15FN2O2/c1-10-3-8-14(17)15(9-10)19-16(21)18-13-6-4-12(5-7-13)11(2)20/h3-9H,1-2H3,(H2,18,19,21). The Balaban J connectivity index is 2.04. The lowest BCUT2D eigenvalue weighted by Crippen LogP contribution is -2.20. The summed E-state index contributed by atoms with van der Waals surface area (Å²) in [7, 11) is 0. The highest BCUT2D eigenvalue weighted by molar-refractivity contribution is 6.00. The molecule has 0 radical (unpaired) electrons. The van der Waals surface area contributed by atoms with E-state index in [2.05, 4.69) is 10.6 Å². The third-order valence-electron chi connectivity index (χ3n) is 2.92. The molecule has 0 spiro atoms. The molecule has 0 saturated heterocycles. The Morgan fingerprint density at radius 1 is 1.00 bits per heavy atom. The van der Waals surface area contributed by atoms with Crippen LogP contribution in [0, 0.1) is 12.7 Å². The van der Waals surface area contributed by atoms with Crippen LogP contribution in [0.5, 0.6) is 0 Å². The normalized spacial score (nSPS) is 10.0. The smallest absolute Gasteiger partial charge is 0.308 e. The van der Waals surface area contributed by atoms with Crippen LogP contribution >= 0.6 is 0 Å². The number of rotatable bonds is 3. The van der Waals surface area contributed by atoms with Gasteiger partial charge in [0.25, 0.3) is 0 Å². The number of anilines is 2. The molecule has 0 bridgehead atoms. The van der Waals surface area contributed by atoms with Gasteiger partial charge in [-0.25, -0.2) is 9.18 Å². The molecule has 0 aliphatic heterocycles. The predicted octanol–water partition coefficient (Wildman–Crippen LogP) is 3.98. The number of carbonyl (C=O) groups is 2. The van der Waals surface area contributed by atoms with E-state index in [1.807, 2.05) is 6.92 Å². The van der Waals surface area contributed by atoms with E-state index in [0.29, 0.717) is 11.3 Å². The van der Waals surface area contributed by atoms with Crippen molar-refractivity contribution in [2.24, 2.45) is 0 Å². The Bertz CT molecular complexity index is 681. The topological polar surface area (TPSA) is 58.2 Å². The van der Waals surface area contributed by atoms with E-state index in [0.717, 1.165) is 5.56 Å². The van der Waals surface area contributed by atoms with Crippen LogP contribution in [0.15, 0.2) is 42.5 Å². The molecule has 2 aromatic carbocycles. The van der Waals surface area contributed by atoms with Crippen molar-refractivity contribution in [3.63, 3.8) is 0 Å². The minimum absolute atomic E-state index is 0.0483. The first-order chi connectivity index (χ1) is 9.95. The summed E-state index contributed by atoms with van der Waals surface area (Å²) in [6.45, 7) is 3.28. The molecule has 5 heteroatoms. The average Bonchev–Trinajstić information content (AvgIpc) is 2.43. The Kier molecular flexibility index (Phi) is 4.33. The number of aryl methyl sites for hydroxylation is 1. The minimum atomic E-state index is -0.546. The zero-order chi connectivity index (χ0) is 15.4. The fourth-order valence-electron chi connectivity index (χ4n) is 1.81. The van der Waals surface area contributed by atoms with Crippen molar-refractivity contribution in [2.75, 3.05) is 10.6 Å². The van der Waals surface area contributed by atoms with Crippen molar-refractivity contribution in [1.82, 2.24) is 0 Å². The monoisotopic (exact) mass is 286 g/mol. The molecule has 0 fully saturated rings. The van der Waals surface area contributed by atoms with E-state index in [9.17, 15) is 14.0 Å². The summed E-state index contributed by atoms with van der Waals surface area (Å²) >= 11 is 0. The molecular weight excluding hydrogens is 271 g/mol. The molecule has 2 rings (SSSR count). The molecule has 2 amide bonds. The van der Waals surface area contributed by atoms with Crippen molar-refractivity contribution in [3.8, 4) is 0 Å². The fraction of sp³-hybridized carbons (Fsp3) is 0.125. The molecule has 0 aromatic heterocycles. The number of amides is 2. The molecule has 0 aliphatic carbocycles. The average molecular weight is 286 g/mol. The third-order valence-corrected chi connectivity index (χ3v) is 2.92.